The molecule has 2 aromatic carbocycles. The van der Waals surface area contributed by atoms with Crippen LogP contribution >= 0.6 is 0 Å². The maximum atomic E-state index is 12.8. The van der Waals surface area contributed by atoms with Gasteiger partial charge in [0.2, 0.25) is 0 Å². The number of carbonyl (C=O) groups is 1. The van der Waals surface area contributed by atoms with Crippen molar-refractivity contribution in [3.63, 3.8) is 0 Å². The molecule has 0 N–H and O–H groups in total. The molecule has 7 nitrogen and oxygen atoms in total. The Bertz CT molecular complexity index is 950. The summed E-state index contributed by atoms with van der Waals surface area (Å²) in [6.45, 7) is 1.40. The molecule has 1 saturated heterocycles. The van der Waals surface area contributed by atoms with Crippen LogP contribution in [0.25, 0.3) is 0 Å². The van der Waals surface area contributed by atoms with Crippen molar-refractivity contribution in [1.82, 2.24) is 9.37 Å². The van der Waals surface area contributed by atoms with Crippen molar-refractivity contribution in [1.29, 1.82) is 0 Å². The van der Waals surface area contributed by atoms with Crippen LogP contribution in [-0.2, 0) is 21.3 Å². The quantitative estimate of drug-likeness (QED) is 0.629. The molecular formula is C22H28N2O5S. The van der Waals surface area contributed by atoms with E-state index in [1.54, 1.807) is 19.2 Å². The minimum atomic E-state index is -3.72. The summed E-state index contributed by atoms with van der Waals surface area (Å²) < 4.78 is 30.5. The lowest BCUT2D eigenvalue weighted by atomic mass is 9.90. The second-order valence-corrected chi connectivity index (χ2v) is 9.35. The van der Waals surface area contributed by atoms with Gasteiger partial charge in [-0.2, -0.15) is 0 Å². The van der Waals surface area contributed by atoms with Crippen LogP contribution in [0.15, 0.2) is 53.4 Å². The number of methoxy groups -OCH3 is 1. The number of ether oxygens (including phenoxy) is 1. The van der Waals surface area contributed by atoms with Crippen LogP contribution in [0.5, 0.6) is 5.75 Å². The van der Waals surface area contributed by atoms with E-state index in [0.29, 0.717) is 24.6 Å². The minimum absolute atomic E-state index is 0.0676. The molecule has 0 saturated carbocycles. The number of amides is 1. The summed E-state index contributed by atoms with van der Waals surface area (Å²) in [6.07, 6.45) is 2.89. The topological polar surface area (TPSA) is 76.2 Å². The van der Waals surface area contributed by atoms with Crippen LogP contribution in [0.2, 0.25) is 0 Å². The van der Waals surface area contributed by atoms with Gasteiger partial charge in [0.15, 0.2) is 0 Å². The van der Waals surface area contributed by atoms with Crippen LogP contribution in [-0.4, -0.2) is 58.1 Å². The lowest BCUT2D eigenvalue weighted by Gasteiger charge is -2.32. The molecule has 1 amide bonds. The summed E-state index contributed by atoms with van der Waals surface area (Å²) in [5, 5.41) is 0. The molecule has 0 spiro atoms. The van der Waals surface area contributed by atoms with E-state index < -0.39 is 10.0 Å². The maximum Gasteiger partial charge on any atom is 0.264 e. The fourth-order valence-electron chi connectivity index (χ4n) is 3.63. The van der Waals surface area contributed by atoms with E-state index in [1.807, 2.05) is 17.0 Å². The van der Waals surface area contributed by atoms with Crippen molar-refractivity contribution in [3.05, 3.63) is 59.7 Å². The number of carbonyl (C=O) groups excluding carboxylic acids is 1. The zero-order valence-corrected chi connectivity index (χ0v) is 18.4. The summed E-state index contributed by atoms with van der Waals surface area (Å²) in [5.74, 6) is 1.33. The van der Waals surface area contributed by atoms with Crippen molar-refractivity contribution in [3.8, 4) is 5.75 Å². The van der Waals surface area contributed by atoms with Gasteiger partial charge in [-0.3, -0.25) is 9.63 Å². The largest absolute Gasteiger partial charge is 0.497 e. The third-order valence-corrected chi connectivity index (χ3v) is 7.27. The Morgan fingerprint density at radius 1 is 1.03 bits per heavy atom. The van der Waals surface area contributed by atoms with Gasteiger partial charge in [-0.15, -0.1) is 0 Å². The molecule has 0 unspecified atom stereocenters. The first-order valence-electron chi connectivity index (χ1n) is 9.90. The Morgan fingerprint density at radius 3 is 2.17 bits per heavy atom. The second kappa shape index (κ2) is 9.59. The average molecular weight is 433 g/mol. The minimum Gasteiger partial charge on any atom is -0.497 e. The van der Waals surface area contributed by atoms with Crippen LogP contribution in [0.1, 0.15) is 28.8 Å². The molecule has 162 valence electrons. The molecule has 0 atom stereocenters. The molecule has 0 bridgehead atoms. The summed E-state index contributed by atoms with van der Waals surface area (Å²) >= 11 is 0. The highest BCUT2D eigenvalue weighted by Gasteiger charge is 2.25. The zero-order valence-electron chi connectivity index (χ0n) is 17.6. The molecule has 1 fully saturated rings. The molecular weight excluding hydrogens is 404 g/mol. The number of likely N-dealkylation sites (tertiary alicyclic amines) is 1. The van der Waals surface area contributed by atoms with Gasteiger partial charge in [0, 0.05) is 25.7 Å². The number of benzene rings is 2. The third-order valence-electron chi connectivity index (χ3n) is 5.58. The molecule has 2 aromatic rings. The van der Waals surface area contributed by atoms with E-state index in [2.05, 4.69) is 12.1 Å². The van der Waals surface area contributed by atoms with E-state index in [1.165, 1.54) is 31.9 Å². The summed E-state index contributed by atoms with van der Waals surface area (Å²) in [7, 11) is 0.549. The molecule has 1 heterocycles. The number of hydrogen-bond donors (Lipinski definition) is 0. The van der Waals surface area contributed by atoms with E-state index >= 15 is 0 Å². The van der Waals surface area contributed by atoms with Gasteiger partial charge in [0.05, 0.1) is 19.1 Å². The normalized spacial score (nSPS) is 15.4. The van der Waals surface area contributed by atoms with Crippen molar-refractivity contribution in [2.24, 2.45) is 5.92 Å². The van der Waals surface area contributed by atoms with Gasteiger partial charge in [-0.25, -0.2) is 8.42 Å². The third kappa shape index (κ3) is 5.00. The van der Waals surface area contributed by atoms with Gasteiger partial charge in [-0.05, 0) is 67.1 Å². The van der Waals surface area contributed by atoms with E-state index in [-0.39, 0.29) is 10.8 Å². The van der Waals surface area contributed by atoms with Crippen LogP contribution < -0.4 is 4.74 Å². The molecule has 1 aliphatic heterocycles. The monoisotopic (exact) mass is 432 g/mol. The van der Waals surface area contributed by atoms with E-state index in [4.69, 9.17) is 9.57 Å². The van der Waals surface area contributed by atoms with E-state index in [0.717, 1.165) is 29.5 Å². The fraction of sp³-hybridized carbons (Fsp3) is 0.409. The Balaban J connectivity index is 1.57. The first-order valence-corrected chi connectivity index (χ1v) is 11.3. The molecule has 8 heteroatoms. The SMILES string of the molecule is COc1ccc(CC2CCN(C(=O)c3ccc(S(=O)(=O)N(C)OC)cc3)CC2)cc1. The molecule has 0 aliphatic carbocycles. The molecule has 0 radical (unpaired) electrons. The Labute approximate surface area is 178 Å². The molecule has 3 rings (SSSR count). The van der Waals surface area contributed by atoms with Crippen LogP contribution in [0.3, 0.4) is 0 Å². The highest BCUT2D eigenvalue weighted by Crippen LogP contribution is 2.24. The van der Waals surface area contributed by atoms with Crippen molar-refractivity contribution in [2.75, 3.05) is 34.4 Å². The predicted octanol–water partition coefficient (Wildman–Crippen LogP) is 2.97. The van der Waals surface area contributed by atoms with Crippen LogP contribution in [0, 0.1) is 5.92 Å². The number of nitrogens with zero attached hydrogens (tertiary/aromatic N) is 2. The van der Waals surface area contributed by atoms with E-state index in [9.17, 15) is 13.2 Å². The number of sulfonamides is 1. The van der Waals surface area contributed by atoms with Crippen molar-refractivity contribution >= 4 is 15.9 Å². The summed E-state index contributed by atoms with van der Waals surface area (Å²) in [5.41, 5.74) is 1.76. The summed E-state index contributed by atoms with van der Waals surface area (Å²) in [6, 6.07) is 14.1. The number of hydroxylamine groups is 1. The van der Waals surface area contributed by atoms with Gasteiger partial charge in [-0.1, -0.05) is 16.6 Å². The van der Waals surface area contributed by atoms with Gasteiger partial charge < -0.3 is 9.64 Å². The summed E-state index contributed by atoms with van der Waals surface area (Å²) in [4.78, 5) is 19.5. The highest BCUT2D eigenvalue weighted by molar-refractivity contribution is 7.89. The lowest BCUT2D eigenvalue weighted by Crippen LogP contribution is -2.38. The first-order chi connectivity index (χ1) is 14.3. The molecule has 0 aromatic heterocycles. The van der Waals surface area contributed by atoms with Crippen molar-refractivity contribution in [2.45, 2.75) is 24.2 Å². The maximum absolute atomic E-state index is 12.8. The van der Waals surface area contributed by atoms with Gasteiger partial charge in [0.25, 0.3) is 15.9 Å². The fourth-order valence-corrected chi connectivity index (χ4v) is 4.61. The van der Waals surface area contributed by atoms with Gasteiger partial charge in [0.1, 0.15) is 5.75 Å². The molecule has 1 aliphatic rings. The first kappa shape index (κ1) is 22.3. The highest BCUT2D eigenvalue weighted by atomic mass is 32.2. The average Bonchev–Trinajstić information content (AvgIpc) is 2.79. The number of rotatable bonds is 7. The number of hydrogen-bond acceptors (Lipinski definition) is 5. The number of piperidine rings is 1. The molecule has 30 heavy (non-hydrogen) atoms. The lowest BCUT2D eigenvalue weighted by molar-refractivity contribution is -0.0258. The van der Waals surface area contributed by atoms with Gasteiger partial charge >= 0.3 is 0 Å². The Kier molecular flexibility index (Phi) is 7.12. The predicted molar refractivity (Wildman–Crippen MR) is 114 cm³/mol. The Morgan fingerprint density at radius 2 is 1.63 bits per heavy atom. The Hall–Kier alpha value is -2.42. The standard InChI is InChI=1S/C22H28N2O5S/c1-23(29-3)30(26,27)21-10-6-19(7-11-21)22(25)24-14-12-18(13-15-24)16-17-4-8-20(28-2)9-5-17/h4-11,18H,12-16H2,1-3H3. The van der Waals surface area contributed by atoms with Crippen molar-refractivity contribution < 1.29 is 22.8 Å². The zero-order chi connectivity index (χ0) is 21.7. The second-order valence-electron chi connectivity index (χ2n) is 7.41. The van der Waals surface area contributed by atoms with Crippen LogP contribution in [0.4, 0.5) is 0 Å². The smallest absolute Gasteiger partial charge is 0.264 e.